The maximum atomic E-state index is 12.3. The molecule has 3 nitrogen and oxygen atoms in total. The fourth-order valence-electron chi connectivity index (χ4n) is 3.84. The van der Waals surface area contributed by atoms with Crippen molar-refractivity contribution >= 4 is 17.7 Å². The summed E-state index contributed by atoms with van der Waals surface area (Å²) in [6, 6.07) is 9.70. The molecule has 0 bridgehead atoms. The van der Waals surface area contributed by atoms with E-state index < -0.39 is 11.9 Å². The van der Waals surface area contributed by atoms with Crippen LogP contribution in [0.5, 0.6) is 0 Å². The summed E-state index contributed by atoms with van der Waals surface area (Å²) in [4.78, 5) is 12.3. The van der Waals surface area contributed by atoms with Crippen LogP contribution in [0.3, 0.4) is 0 Å². The SMILES string of the molecule is O=C1O[C@]2(CCC[C@]23CCCS3)O[C@@H]1c1ccccc1. The third-order valence-corrected chi connectivity index (χ3v) is 6.54. The Hall–Kier alpha value is -1.00. The zero-order valence-corrected chi connectivity index (χ0v) is 12.2. The average Bonchev–Trinajstić information content (AvgIpc) is 3.15. The van der Waals surface area contributed by atoms with Crippen molar-refractivity contribution in [3.05, 3.63) is 35.9 Å². The highest BCUT2D eigenvalue weighted by molar-refractivity contribution is 8.01. The van der Waals surface area contributed by atoms with Crippen LogP contribution >= 0.6 is 11.8 Å². The molecular formula is C16H18O3S. The van der Waals surface area contributed by atoms with Gasteiger partial charge in [0.05, 0.1) is 4.75 Å². The van der Waals surface area contributed by atoms with Crippen molar-refractivity contribution in [2.24, 2.45) is 0 Å². The van der Waals surface area contributed by atoms with E-state index in [1.165, 1.54) is 6.42 Å². The molecule has 2 saturated heterocycles. The number of benzene rings is 1. The first kappa shape index (κ1) is 12.7. The molecule has 3 atom stereocenters. The minimum Gasteiger partial charge on any atom is -0.429 e. The number of carbonyl (C=O) groups excluding carboxylic acids is 1. The lowest BCUT2D eigenvalue weighted by Gasteiger charge is -2.37. The summed E-state index contributed by atoms with van der Waals surface area (Å²) in [5.74, 6) is 0.259. The number of thioether (sulfide) groups is 1. The van der Waals surface area contributed by atoms with Crippen LogP contribution < -0.4 is 0 Å². The Morgan fingerprint density at radius 3 is 2.65 bits per heavy atom. The molecule has 1 aliphatic carbocycles. The van der Waals surface area contributed by atoms with Crippen molar-refractivity contribution in [2.75, 3.05) is 5.75 Å². The van der Waals surface area contributed by atoms with Crippen molar-refractivity contribution in [2.45, 2.75) is 48.7 Å². The third kappa shape index (κ3) is 1.67. The standard InChI is InChI=1S/C16H18O3S/c17-14-13(12-6-2-1-3-7-12)18-16(19-14)10-4-8-15(16)9-5-11-20-15/h1-3,6-7,13H,4-5,8-11H2/t13-,15+,16+/m1/s1. The lowest BCUT2D eigenvalue weighted by Crippen LogP contribution is -2.47. The van der Waals surface area contributed by atoms with Gasteiger partial charge in [0.25, 0.3) is 0 Å². The van der Waals surface area contributed by atoms with Crippen LogP contribution in [-0.2, 0) is 14.3 Å². The molecule has 3 aliphatic rings. The molecule has 4 heteroatoms. The molecule has 1 aromatic rings. The lowest BCUT2D eigenvalue weighted by molar-refractivity contribution is -0.186. The van der Waals surface area contributed by atoms with Crippen LogP contribution in [0.4, 0.5) is 0 Å². The topological polar surface area (TPSA) is 35.5 Å². The summed E-state index contributed by atoms with van der Waals surface area (Å²) in [5.41, 5.74) is 0.902. The van der Waals surface area contributed by atoms with Gasteiger partial charge in [0.15, 0.2) is 6.10 Å². The first-order valence-electron chi connectivity index (χ1n) is 7.34. The summed E-state index contributed by atoms with van der Waals surface area (Å²) >= 11 is 1.95. The molecule has 1 aromatic carbocycles. The summed E-state index contributed by atoms with van der Waals surface area (Å²) in [5, 5.41) is 0. The van der Waals surface area contributed by atoms with Gasteiger partial charge in [-0.3, -0.25) is 0 Å². The van der Waals surface area contributed by atoms with Crippen LogP contribution in [0.2, 0.25) is 0 Å². The molecule has 2 spiro atoms. The minimum absolute atomic E-state index is 0.00614. The van der Waals surface area contributed by atoms with Crippen LogP contribution in [0.1, 0.15) is 43.8 Å². The van der Waals surface area contributed by atoms with E-state index in [0.29, 0.717) is 0 Å². The number of ether oxygens (including phenoxy) is 2. The second-order valence-corrected chi connectivity index (χ2v) is 7.36. The van der Waals surface area contributed by atoms with E-state index in [0.717, 1.165) is 37.0 Å². The van der Waals surface area contributed by atoms with Gasteiger partial charge in [0.1, 0.15) is 0 Å². The predicted octanol–water partition coefficient (Wildman–Crippen LogP) is 3.45. The summed E-state index contributed by atoms with van der Waals surface area (Å²) in [7, 11) is 0. The van der Waals surface area contributed by atoms with E-state index in [2.05, 4.69) is 0 Å². The molecule has 0 aromatic heterocycles. The van der Waals surface area contributed by atoms with Gasteiger partial charge in [-0.25, -0.2) is 4.79 Å². The molecule has 0 amide bonds. The van der Waals surface area contributed by atoms with Crippen LogP contribution in [0, 0.1) is 0 Å². The van der Waals surface area contributed by atoms with E-state index in [9.17, 15) is 4.79 Å². The molecular weight excluding hydrogens is 272 g/mol. The van der Waals surface area contributed by atoms with E-state index in [1.807, 2.05) is 42.1 Å². The monoisotopic (exact) mass is 290 g/mol. The molecule has 3 fully saturated rings. The number of rotatable bonds is 1. The summed E-state index contributed by atoms with van der Waals surface area (Å²) in [6.45, 7) is 0. The Kier molecular flexibility index (Phi) is 2.86. The Bertz CT molecular complexity index is 518. The van der Waals surface area contributed by atoms with Crippen molar-refractivity contribution < 1.29 is 14.3 Å². The highest BCUT2D eigenvalue weighted by Gasteiger charge is 2.65. The fourth-order valence-corrected chi connectivity index (χ4v) is 5.51. The number of hydrogen-bond donors (Lipinski definition) is 0. The molecule has 2 aliphatic heterocycles. The van der Waals surface area contributed by atoms with Crippen molar-refractivity contribution in [1.82, 2.24) is 0 Å². The van der Waals surface area contributed by atoms with E-state index >= 15 is 0 Å². The molecule has 1 saturated carbocycles. The molecule has 4 rings (SSSR count). The van der Waals surface area contributed by atoms with Gasteiger partial charge in [-0.05, 0) is 37.0 Å². The zero-order chi connectivity index (χ0) is 13.6. The minimum atomic E-state index is -0.675. The number of fused-ring (bicyclic) bond motifs is 1. The first-order valence-corrected chi connectivity index (χ1v) is 8.33. The van der Waals surface area contributed by atoms with Crippen molar-refractivity contribution in [1.29, 1.82) is 0 Å². The Morgan fingerprint density at radius 2 is 1.90 bits per heavy atom. The predicted molar refractivity (Wildman–Crippen MR) is 77.4 cm³/mol. The van der Waals surface area contributed by atoms with Crippen LogP contribution in [-0.4, -0.2) is 22.3 Å². The normalized spacial score (nSPS) is 39.8. The number of hydrogen-bond acceptors (Lipinski definition) is 4. The van der Waals surface area contributed by atoms with Gasteiger partial charge in [-0.2, -0.15) is 0 Å². The molecule has 0 N–H and O–H groups in total. The second kappa shape index (κ2) is 4.50. The first-order chi connectivity index (χ1) is 9.75. The van der Waals surface area contributed by atoms with E-state index in [4.69, 9.17) is 9.47 Å². The van der Waals surface area contributed by atoms with E-state index in [1.54, 1.807) is 0 Å². The van der Waals surface area contributed by atoms with Gasteiger partial charge in [-0.15, -0.1) is 11.8 Å². The fraction of sp³-hybridized carbons (Fsp3) is 0.562. The molecule has 0 radical (unpaired) electrons. The Labute approximate surface area is 123 Å². The van der Waals surface area contributed by atoms with Gasteiger partial charge in [0.2, 0.25) is 5.79 Å². The van der Waals surface area contributed by atoms with Gasteiger partial charge in [0, 0.05) is 6.42 Å². The average molecular weight is 290 g/mol. The number of carbonyl (C=O) groups is 1. The largest absolute Gasteiger partial charge is 0.429 e. The van der Waals surface area contributed by atoms with Crippen molar-refractivity contribution in [3.63, 3.8) is 0 Å². The van der Waals surface area contributed by atoms with E-state index in [-0.39, 0.29) is 10.7 Å². The van der Waals surface area contributed by atoms with Gasteiger partial charge in [-0.1, -0.05) is 30.3 Å². The maximum Gasteiger partial charge on any atom is 0.342 e. The highest BCUT2D eigenvalue weighted by atomic mass is 32.2. The van der Waals surface area contributed by atoms with Crippen LogP contribution in [0.15, 0.2) is 30.3 Å². The van der Waals surface area contributed by atoms with Crippen LogP contribution in [0.25, 0.3) is 0 Å². The quantitative estimate of drug-likeness (QED) is 0.742. The molecule has 106 valence electrons. The lowest BCUT2D eigenvalue weighted by atomic mass is 9.96. The highest BCUT2D eigenvalue weighted by Crippen LogP contribution is 2.60. The Morgan fingerprint density at radius 1 is 1.10 bits per heavy atom. The van der Waals surface area contributed by atoms with Crippen molar-refractivity contribution in [3.8, 4) is 0 Å². The summed E-state index contributed by atoms with van der Waals surface area (Å²) in [6.07, 6.45) is 4.78. The zero-order valence-electron chi connectivity index (χ0n) is 11.3. The molecule has 20 heavy (non-hydrogen) atoms. The van der Waals surface area contributed by atoms with Gasteiger partial charge >= 0.3 is 5.97 Å². The smallest absolute Gasteiger partial charge is 0.342 e. The second-order valence-electron chi connectivity index (χ2n) is 5.88. The maximum absolute atomic E-state index is 12.3. The van der Waals surface area contributed by atoms with Gasteiger partial charge < -0.3 is 9.47 Å². The molecule has 2 heterocycles. The third-order valence-electron chi connectivity index (χ3n) is 4.77. The number of esters is 1. The molecule has 0 unspecified atom stereocenters. The summed E-state index contributed by atoms with van der Waals surface area (Å²) < 4.78 is 12.1. The Balaban J connectivity index is 1.67.